The van der Waals surface area contributed by atoms with Crippen molar-refractivity contribution in [1.82, 2.24) is 10.2 Å². The summed E-state index contributed by atoms with van der Waals surface area (Å²) >= 11 is 1.84. The normalized spacial score (nSPS) is 11.2. The summed E-state index contributed by atoms with van der Waals surface area (Å²) in [5.74, 6) is 0. The molecule has 0 amide bonds. The van der Waals surface area contributed by atoms with Gasteiger partial charge in [0.25, 0.3) is 0 Å². The van der Waals surface area contributed by atoms with E-state index in [-0.39, 0.29) is 0 Å². The molecule has 0 aliphatic carbocycles. The Bertz CT molecular complexity index is 503. The second-order valence-electron chi connectivity index (χ2n) is 5.22. The lowest BCUT2D eigenvalue weighted by Crippen LogP contribution is -2.27. The minimum Gasteiger partial charge on any atom is -0.312 e. The van der Waals surface area contributed by atoms with E-state index in [9.17, 15) is 0 Å². The van der Waals surface area contributed by atoms with Crippen molar-refractivity contribution in [2.24, 2.45) is 0 Å². The van der Waals surface area contributed by atoms with Gasteiger partial charge < -0.3 is 10.2 Å². The smallest absolute Gasteiger partial charge is 0.0299 e. The fraction of sp³-hybridized carbons (Fsp3) is 0.444. The summed E-state index contributed by atoms with van der Waals surface area (Å²) in [6.07, 6.45) is 1.22. The van der Waals surface area contributed by atoms with E-state index in [4.69, 9.17) is 0 Å². The lowest BCUT2D eigenvalue weighted by atomic mass is 10.1. The maximum Gasteiger partial charge on any atom is 0.0299 e. The standard InChI is InChI=1S/C18H26N2S/c1-3-20(4-2)12-8-11-19-14-18-13-17(15-21-18)16-9-6-5-7-10-16/h5-7,9-10,13,15,19H,3-4,8,11-12,14H2,1-2H3. The average molecular weight is 302 g/mol. The summed E-state index contributed by atoms with van der Waals surface area (Å²) in [4.78, 5) is 3.89. The molecule has 2 nitrogen and oxygen atoms in total. The zero-order chi connectivity index (χ0) is 14.9. The zero-order valence-electron chi connectivity index (χ0n) is 13.1. The summed E-state index contributed by atoms with van der Waals surface area (Å²) < 4.78 is 0. The van der Waals surface area contributed by atoms with Crippen LogP contribution in [0.2, 0.25) is 0 Å². The Hall–Kier alpha value is -1.16. The molecule has 0 radical (unpaired) electrons. The minimum absolute atomic E-state index is 0.982. The molecular weight excluding hydrogens is 276 g/mol. The maximum atomic E-state index is 3.55. The Labute approximate surface area is 132 Å². The molecule has 1 aromatic heterocycles. The fourth-order valence-electron chi connectivity index (χ4n) is 2.43. The van der Waals surface area contributed by atoms with Crippen LogP contribution in [0, 0.1) is 0 Å². The van der Waals surface area contributed by atoms with Crippen LogP contribution >= 0.6 is 11.3 Å². The van der Waals surface area contributed by atoms with Crippen molar-refractivity contribution in [2.45, 2.75) is 26.8 Å². The van der Waals surface area contributed by atoms with Crippen molar-refractivity contribution in [1.29, 1.82) is 0 Å². The van der Waals surface area contributed by atoms with Crippen LogP contribution in [0.25, 0.3) is 11.1 Å². The molecule has 0 bridgehead atoms. The van der Waals surface area contributed by atoms with Gasteiger partial charge in [0.15, 0.2) is 0 Å². The Kier molecular flexibility index (Phi) is 6.93. The molecule has 0 fully saturated rings. The molecule has 3 heteroatoms. The van der Waals surface area contributed by atoms with Crippen LogP contribution in [0.1, 0.15) is 25.1 Å². The monoisotopic (exact) mass is 302 g/mol. The zero-order valence-corrected chi connectivity index (χ0v) is 14.0. The lowest BCUT2D eigenvalue weighted by molar-refractivity contribution is 0.298. The highest BCUT2D eigenvalue weighted by Gasteiger charge is 2.02. The van der Waals surface area contributed by atoms with Crippen molar-refractivity contribution < 1.29 is 0 Å². The second-order valence-corrected chi connectivity index (χ2v) is 6.22. The summed E-state index contributed by atoms with van der Waals surface area (Å²) in [6, 6.07) is 12.9. The summed E-state index contributed by atoms with van der Waals surface area (Å²) in [6.45, 7) is 10.0. The van der Waals surface area contributed by atoms with Crippen LogP contribution in [-0.2, 0) is 6.54 Å². The third-order valence-corrected chi connectivity index (χ3v) is 4.72. The van der Waals surface area contributed by atoms with Crippen molar-refractivity contribution in [3.63, 3.8) is 0 Å². The van der Waals surface area contributed by atoms with Gasteiger partial charge in [0.05, 0.1) is 0 Å². The Morgan fingerprint density at radius 2 is 1.81 bits per heavy atom. The first-order chi connectivity index (χ1) is 10.3. The number of hydrogen-bond acceptors (Lipinski definition) is 3. The minimum atomic E-state index is 0.982. The van der Waals surface area contributed by atoms with E-state index in [0.717, 1.165) is 26.2 Å². The summed E-state index contributed by atoms with van der Waals surface area (Å²) in [7, 11) is 0. The SMILES string of the molecule is CCN(CC)CCCNCc1cc(-c2ccccc2)cs1. The summed E-state index contributed by atoms with van der Waals surface area (Å²) in [5.41, 5.74) is 2.64. The van der Waals surface area contributed by atoms with Crippen LogP contribution < -0.4 is 5.32 Å². The summed E-state index contributed by atoms with van der Waals surface area (Å²) in [5, 5.41) is 5.81. The van der Waals surface area contributed by atoms with E-state index in [1.807, 2.05) is 11.3 Å². The molecule has 2 aromatic rings. The van der Waals surface area contributed by atoms with Gasteiger partial charge in [-0.1, -0.05) is 44.2 Å². The number of rotatable bonds is 9. The van der Waals surface area contributed by atoms with E-state index in [1.54, 1.807) is 0 Å². The molecule has 2 rings (SSSR count). The first-order valence-corrected chi connectivity index (χ1v) is 8.77. The second kappa shape index (κ2) is 8.98. The molecule has 0 saturated heterocycles. The van der Waals surface area contributed by atoms with E-state index in [1.165, 1.54) is 29.0 Å². The van der Waals surface area contributed by atoms with Crippen molar-refractivity contribution in [3.05, 3.63) is 46.7 Å². The van der Waals surface area contributed by atoms with E-state index in [2.05, 4.69) is 65.8 Å². The van der Waals surface area contributed by atoms with Crippen LogP contribution in [0.3, 0.4) is 0 Å². The third-order valence-electron chi connectivity index (χ3n) is 3.78. The van der Waals surface area contributed by atoms with Gasteiger partial charge >= 0.3 is 0 Å². The van der Waals surface area contributed by atoms with E-state index >= 15 is 0 Å². The number of hydrogen-bond donors (Lipinski definition) is 1. The average Bonchev–Trinajstić information content (AvgIpc) is 3.01. The van der Waals surface area contributed by atoms with Crippen LogP contribution in [0.4, 0.5) is 0 Å². The highest BCUT2D eigenvalue weighted by Crippen LogP contribution is 2.25. The largest absolute Gasteiger partial charge is 0.312 e. The van der Waals surface area contributed by atoms with Crippen molar-refractivity contribution in [3.8, 4) is 11.1 Å². The predicted molar refractivity (Wildman–Crippen MR) is 93.9 cm³/mol. The number of nitrogens with zero attached hydrogens (tertiary/aromatic N) is 1. The van der Waals surface area contributed by atoms with Crippen LogP contribution in [0.15, 0.2) is 41.8 Å². The molecule has 0 aliphatic rings. The molecular formula is C18H26N2S. The molecule has 0 unspecified atom stereocenters. The van der Waals surface area contributed by atoms with Gasteiger partial charge in [0.1, 0.15) is 0 Å². The molecule has 0 saturated carbocycles. The Balaban J connectivity index is 1.71. The quantitative estimate of drug-likeness (QED) is 0.697. The lowest BCUT2D eigenvalue weighted by Gasteiger charge is -2.17. The number of benzene rings is 1. The molecule has 0 atom stereocenters. The number of nitrogens with one attached hydrogen (secondary N) is 1. The van der Waals surface area contributed by atoms with Crippen molar-refractivity contribution in [2.75, 3.05) is 26.2 Å². The van der Waals surface area contributed by atoms with Gasteiger partial charge in [-0.2, -0.15) is 0 Å². The van der Waals surface area contributed by atoms with E-state index in [0.29, 0.717) is 0 Å². The van der Waals surface area contributed by atoms with Gasteiger partial charge in [0, 0.05) is 11.4 Å². The van der Waals surface area contributed by atoms with Gasteiger partial charge in [-0.25, -0.2) is 0 Å². The van der Waals surface area contributed by atoms with Crippen molar-refractivity contribution >= 4 is 11.3 Å². The van der Waals surface area contributed by atoms with Gasteiger partial charge in [0.2, 0.25) is 0 Å². The Morgan fingerprint density at radius 1 is 1.05 bits per heavy atom. The molecule has 0 aliphatic heterocycles. The topological polar surface area (TPSA) is 15.3 Å². The number of thiophene rings is 1. The van der Waals surface area contributed by atoms with Gasteiger partial charge in [-0.3, -0.25) is 0 Å². The van der Waals surface area contributed by atoms with Crippen LogP contribution in [-0.4, -0.2) is 31.1 Å². The fourth-order valence-corrected chi connectivity index (χ4v) is 3.30. The molecule has 0 spiro atoms. The predicted octanol–water partition coefficient (Wildman–Crippen LogP) is 4.24. The highest BCUT2D eigenvalue weighted by atomic mass is 32.1. The van der Waals surface area contributed by atoms with Crippen LogP contribution in [0.5, 0.6) is 0 Å². The molecule has 1 heterocycles. The van der Waals surface area contributed by atoms with E-state index < -0.39 is 0 Å². The molecule has 1 N–H and O–H groups in total. The molecule has 1 aromatic carbocycles. The molecule has 114 valence electrons. The Morgan fingerprint density at radius 3 is 2.52 bits per heavy atom. The maximum absolute atomic E-state index is 3.55. The first-order valence-electron chi connectivity index (χ1n) is 7.89. The third kappa shape index (κ3) is 5.27. The first kappa shape index (κ1) is 16.2. The highest BCUT2D eigenvalue weighted by molar-refractivity contribution is 7.10. The van der Waals surface area contributed by atoms with Gasteiger partial charge in [-0.15, -0.1) is 11.3 Å². The van der Waals surface area contributed by atoms with Gasteiger partial charge in [-0.05, 0) is 55.2 Å². The molecule has 21 heavy (non-hydrogen) atoms.